The predicted molar refractivity (Wildman–Crippen MR) is 294 cm³/mol. The highest BCUT2D eigenvalue weighted by molar-refractivity contribution is 5.90. The van der Waals surface area contributed by atoms with Gasteiger partial charge in [-0.2, -0.15) is 0 Å². The summed E-state index contributed by atoms with van der Waals surface area (Å²) in [6.45, 7) is 4.67. The zero-order chi connectivity index (χ0) is 57.3. The molecule has 1 unspecified atom stereocenters. The van der Waals surface area contributed by atoms with Crippen molar-refractivity contribution in [3.8, 4) is 51.6 Å². The molecule has 1 N–H and O–H groups in total. The van der Waals surface area contributed by atoms with Crippen LogP contribution in [-0.2, 0) is 47.3 Å². The number of carbonyl (C=O) groups is 4. The van der Waals surface area contributed by atoms with Crippen LogP contribution in [0.3, 0.4) is 0 Å². The molecular formula is C62H62N4O17. The van der Waals surface area contributed by atoms with Crippen LogP contribution in [0.25, 0.3) is 22.3 Å². The van der Waals surface area contributed by atoms with Gasteiger partial charge in [0, 0.05) is 53.0 Å². The minimum Gasteiger partial charge on any atom is -0.493 e. The van der Waals surface area contributed by atoms with E-state index in [9.17, 15) is 29.1 Å². The van der Waals surface area contributed by atoms with E-state index in [0.717, 1.165) is 36.9 Å². The van der Waals surface area contributed by atoms with Gasteiger partial charge in [0.1, 0.15) is 30.8 Å². The predicted octanol–water partition coefficient (Wildman–Crippen LogP) is 7.54. The number of esters is 3. The minimum absolute atomic E-state index is 0.00613. The number of nitrogens with zero attached hydrogens (tertiary/aromatic N) is 4. The topological polar surface area (TPSA) is 231 Å². The van der Waals surface area contributed by atoms with Crippen molar-refractivity contribution in [3.05, 3.63) is 128 Å². The van der Waals surface area contributed by atoms with Crippen molar-refractivity contribution in [2.24, 2.45) is 11.8 Å². The number of hydrogen-bond donors (Lipinski definition) is 1. The van der Waals surface area contributed by atoms with E-state index in [1.807, 2.05) is 6.07 Å². The highest BCUT2D eigenvalue weighted by Crippen LogP contribution is 2.57. The summed E-state index contributed by atoms with van der Waals surface area (Å²) in [5, 5.41) is 12.2. The molecule has 6 aromatic rings. The van der Waals surface area contributed by atoms with Crippen molar-refractivity contribution in [1.82, 2.24) is 19.4 Å². The largest absolute Gasteiger partial charge is 0.493 e. The molecule has 0 bridgehead atoms. The second-order valence-corrected chi connectivity index (χ2v) is 21.9. The van der Waals surface area contributed by atoms with Crippen LogP contribution in [0.5, 0.6) is 40.2 Å². The third-order valence-electron chi connectivity index (χ3n) is 17.5. The average Bonchev–Trinajstić information content (AvgIpc) is 4.39. The van der Waals surface area contributed by atoms with Gasteiger partial charge in [0.25, 0.3) is 5.56 Å². The Hall–Kier alpha value is -8.40. The number of hydrogen-bond acceptors (Lipinski definition) is 19. The lowest BCUT2D eigenvalue weighted by Crippen LogP contribution is -2.49. The van der Waals surface area contributed by atoms with Crippen LogP contribution < -0.4 is 38.7 Å². The molecule has 3 saturated heterocycles. The van der Waals surface area contributed by atoms with Gasteiger partial charge in [0.05, 0.1) is 68.4 Å². The second-order valence-electron chi connectivity index (χ2n) is 21.9. The SMILES string of the molecule is CC[C@@]1(OC(O)COc2ccc(C(=O)O[C@H]3c4cc5c(cc4[C@@H](c4cc(OC)c(OC)c(OC)c4)[C@H]4C(=O)OC[C@@H]43)OCO5)cc2)C(=O)OCc2c1cc1n(c2=O)Cc2cc3cc(OC(=O)N4CCC(N5CCCCC5)CC4)ccc3nc2-1. The molecule has 21 heteroatoms. The van der Waals surface area contributed by atoms with E-state index >= 15 is 0 Å². The van der Waals surface area contributed by atoms with Gasteiger partial charge in [-0.05, 0) is 135 Å². The normalized spacial score (nSPS) is 22.7. The summed E-state index contributed by atoms with van der Waals surface area (Å²) in [5.74, 6) is -1.15. The quantitative estimate of drug-likeness (QED) is 0.0629. The number of methoxy groups -OCH3 is 3. The van der Waals surface area contributed by atoms with Crippen LogP contribution in [0.1, 0.15) is 101 Å². The van der Waals surface area contributed by atoms with Gasteiger partial charge in [-0.1, -0.05) is 13.3 Å². The Labute approximate surface area is 476 Å². The molecule has 7 aliphatic rings. The summed E-state index contributed by atoms with van der Waals surface area (Å²) < 4.78 is 65.8. The molecule has 21 nitrogen and oxygen atoms in total. The Balaban J connectivity index is 0.690. The number of aliphatic hydroxyl groups is 1. The number of ether oxygens (including phenoxy) is 11. The van der Waals surface area contributed by atoms with E-state index in [2.05, 4.69) is 4.90 Å². The Morgan fingerprint density at radius 3 is 2.24 bits per heavy atom. The lowest BCUT2D eigenvalue weighted by Gasteiger charge is -2.39. The molecule has 1 amide bonds. The van der Waals surface area contributed by atoms with E-state index in [4.69, 9.17) is 57.1 Å². The molecule has 6 aliphatic heterocycles. The molecular weight excluding hydrogens is 1070 g/mol. The Bertz CT molecular complexity index is 3620. The maximum atomic E-state index is 14.3. The van der Waals surface area contributed by atoms with Crippen LogP contribution in [0, 0.1) is 11.8 Å². The van der Waals surface area contributed by atoms with Gasteiger partial charge >= 0.3 is 24.0 Å². The smallest absolute Gasteiger partial charge is 0.415 e. The van der Waals surface area contributed by atoms with Gasteiger partial charge < -0.3 is 71.6 Å². The summed E-state index contributed by atoms with van der Waals surface area (Å²) in [4.78, 5) is 78.7. The first-order chi connectivity index (χ1) is 40.4. The van der Waals surface area contributed by atoms with Gasteiger partial charge in [-0.15, -0.1) is 0 Å². The molecule has 6 atom stereocenters. The second kappa shape index (κ2) is 21.7. The third kappa shape index (κ3) is 9.47. The van der Waals surface area contributed by atoms with Crippen molar-refractivity contribution >= 4 is 34.9 Å². The number of amides is 1. The minimum atomic E-state index is -1.89. The molecule has 2 aromatic heterocycles. The molecule has 83 heavy (non-hydrogen) atoms. The van der Waals surface area contributed by atoms with E-state index in [1.54, 1.807) is 64.9 Å². The number of likely N-dealkylation sites (tertiary alicyclic amines) is 2. The standard InChI is InChI=1S/C62H62N4O17/c1-5-62(44-27-46-54-36(28-66(46)57(68)42(44)29-78-60(62)71)21-34-22-39(13-14-45(34)63-54)81-61(72)65-19-15-37(16-20-65)64-17-7-6-8-18-64)83-51(67)31-76-38-11-9-33(10-12-38)58(69)82-55-41-26-48-47(79-32-80-48)25-40(41)52(53-43(55)30-77-59(53)70)35-23-49(73-2)56(75-4)50(24-35)74-3/h9-14,21-27,37,43,51-53,55,67H,5-8,15-20,28-32H2,1-4H3/t43-,51?,52+,53-,55-,62-/m0/s1. The number of rotatable bonds is 14. The van der Waals surface area contributed by atoms with Crippen molar-refractivity contribution < 1.29 is 76.4 Å². The van der Waals surface area contributed by atoms with Crippen LogP contribution in [0.15, 0.2) is 83.7 Å². The first kappa shape index (κ1) is 53.9. The van der Waals surface area contributed by atoms with E-state index < -0.39 is 60.3 Å². The Morgan fingerprint density at radius 1 is 0.807 bits per heavy atom. The van der Waals surface area contributed by atoms with Crippen LogP contribution >= 0.6 is 0 Å². The molecule has 8 heterocycles. The summed E-state index contributed by atoms with van der Waals surface area (Å²) >= 11 is 0. The number of aromatic nitrogens is 2. The van der Waals surface area contributed by atoms with Crippen molar-refractivity contribution in [2.75, 3.05) is 67.5 Å². The van der Waals surface area contributed by atoms with E-state index in [1.165, 1.54) is 64.9 Å². The highest BCUT2D eigenvalue weighted by Gasteiger charge is 2.55. The van der Waals surface area contributed by atoms with Crippen molar-refractivity contribution in [3.63, 3.8) is 0 Å². The number of benzene rings is 4. The Kier molecular flexibility index (Phi) is 14.1. The van der Waals surface area contributed by atoms with Gasteiger partial charge in [0.2, 0.25) is 12.5 Å². The van der Waals surface area contributed by atoms with Crippen LogP contribution in [0.2, 0.25) is 0 Å². The number of piperidine rings is 2. The highest BCUT2D eigenvalue weighted by atomic mass is 16.7. The summed E-state index contributed by atoms with van der Waals surface area (Å²) in [6.07, 6.45) is 2.57. The van der Waals surface area contributed by atoms with Crippen molar-refractivity contribution in [1.29, 1.82) is 0 Å². The van der Waals surface area contributed by atoms with Gasteiger partial charge in [-0.25, -0.2) is 19.4 Å². The molecule has 0 radical (unpaired) electrons. The summed E-state index contributed by atoms with van der Waals surface area (Å²) in [6, 6.07) is 22.6. The van der Waals surface area contributed by atoms with E-state index in [-0.39, 0.29) is 67.1 Å². The molecule has 4 aromatic carbocycles. The van der Waals surface area contributed by atoms with Gasteiger partial charge in [0.15, 0.2) is 34.9 Å². The number of pyridine rings is 2. The fraction of sp³-hybridized carbons (Fsp3) is 0.419. The molecule has 13 rings (SSSR count). The number of carbonyl (C=O) groups excluding carboxylic acids is 4. The lowest BCUT2D eigenvalue weighted by atomic mass is 9.66. The third-order valence-corrected chi connectivity index (χ3v) is 17.5. The molecule has 3 fully saturated rings. The first-order valence-corrected chi connectivity index (χ1v) is 28.2. The van der Waals surface area contributed by atoms with Crippen molar-refractivity contribution in [2.45, 2.75) is 88.6 Å². The first-order valence-electron chi connectivity index (χ1n) is 28.2. The zero-order valence-corrected chi connectivity index (χ0v) is 46.3. The average molecular weight is 1140 g/mol. The maximum absolute atomic E-state index is 14.3. The fourth-order valence-electron chi connectivity index (χ4n) is 13.3. The number of fused-ring (bicyclic) bond motifs is 8. The molecule has 1 aliphatic carbocycles. The zero-order valence-electron chi connectivity index (χ0n) is 46.3. The number of cyclic esters (lactones) is 2. The summed E-state index contributed by atoms with van der Waals surface area (Å²) in [7, 11) is 4.53. The van der Waals surface area contributed by atoms with Crippen LogP contribution in [0.4, 0.5) is 4.79 Å². The Morgan fingerprint density at radius 2 is 1.53 bits per heavy atom. The lowest BCUT2D eigenvalue weighted by molar-refractivity contribution is -0.226. The number of aliphatic hydroxyl groups excluding tert-OH is 1. The monoisotopic (exact) mass is 1130 g/mol. The maximum Gasteiger partial charge on any atom is 0.415 e. The van der Waals surface area contributed by atoms with Crippen LogP contribution in [-0.4, -0.2) is 128 Å². The molecule has 0 spiro atoms. The molecule has 0 saturated carbocycles. The van der Waals surface area contributed by atoms with E-state index in [0.29, 0.717) is 87.2 Å². The fourth-order valence-corrected chi connectivity index (χ4v) is 13.3. The molecule has 432 valence electrons. The summed E-state index contributed by atoms with van der Waals surface area (Å²) in [5.41, 5.74) is 2.70. The van der Waals surface area contributed by atoms with Gasteiger partial charge in [-0.3, -0.25) is 9.59 Å².